The lowest BCUT2D eigenvalue weighted by Gasteiger charge is -2.07. The van der Waals surface area contributed by atoms with E-state index in [0.29, 0.717) is 18.1 Å². The van der Waals surface area contributed by atoms with Crippen molar-refractivity contribution in [2.45, 2.75) is 19.8 Å². The zero-order valence-electron chi connectivity index (χ0n) is 12.8. The lowest BCUT2D eigenvalue weighted by Crippen LogP contribution is -2.25. The smallest absolute Gasteiger partial charge is 0.271 e. The number of nitrogens with zero attached hydrogens (tertiary/aromatic N) is 2. The fourth-order valence-corrected chi connectivity index (χ4v) is 1.84. The molecule has 2 aromatic rings. The number of amides is 1. The molecule has 2 rings (SSSR count). The lowest BCUT2D eigenvalue weighted by molar-refractivity contribution is 0.0947. The van der Waals surface area contributed by atoms with Crippen LogP contribution in [0.25, 0.3) is 0 Å². The van der Waals surface area contributed by atoms with Gasteiger partial charge in [-0.1, -0.05) is 19.4 Å². The van der Waals surface area contributed by atoms with Crippen molar-refractivity contribution in [3.8, 4) is 5.75 Å². The molecular formula is C16H20N4O2. The van der Waals surface area contributed by atoms with Crippen molar-refractivity contribution in [3.63, 3.8) is 0 Å². The molecule has 0 fully saturated rings. The number of ether oxygens (including phenoxy) is 1. The first-order valence-electron chi connectivity index (χ1n) is 7.26. The molecule has 1 aromatic heterocycles. The summed E-state index contributed by atoms with van der Waals surface area (Å²) >= 11 is 0. The van der Waals surface area contributed by atoms with Gasteiger partial charge in [-0.2, -0.15) is 0 Å². The van der Waals surface area contributed by atoms with E-state index in [2.05, 4.69) is 27.8 Å². The number of methoxy groups -OCH3 is 1. The highest BCUT2D eigenvalue weighted by atomic mass is 16.5. The molecule has 2 N–H and O–H groups in total. The second-order valence-corrected chi connectivity index (χ2v) is 4.77. The van der Waals surface area contributed by atoms with E-state index in [1.54, 1.807) is 19.2 Å². The minimum Gasteiger partial charge on any atom is -0.497 e. The minimum atomic E-state index is -0.200. The van der Waals surface area contributed by atoms with Crippen LogP contribution in [-0.4, -0.2) is 29.8 Å². The van der Waals surface area contributed by atoms with Crippen LogP contribution in [0.1, 0.15) is 30.3 Å². The average Bonchev–Trinajstić information content (AvgIpc) is 2.56. The summed E-state index contributed by atoms with van der Waals surface area (Å²) in [6.07, 6.45) is 1.99. The van der Waals surface area contributed by atoms with Crippen molar-refractivity contribution < 1.29 is 9.53 Å². The highest BCUT2D eigenvalue weighted by Crippen LogP contribution is 2.19. The van der Waals surface area contributed by atoms with Crippen molar-refractivity contribution >= 4 is 17.4 Å². The molecular weight excluding hydrogens is 280 g/mol. The van der Waals surface area contributed by atoms with Crippen molar-refractivity contribution in [3.05, 3.63) is 42.1 Å². The van der Waals surface area contributed by atoms with Gasteiger partial charge in [0, 0.05) is 18.3 Å². The van der Waals surface area contributed by atoms with Gasteiger partial charge < -0.3 is 15.4 Å². The highest BCUT2D eigenvalue weighted by molar-refractivity contribution is 5.92. The molecule has 0 atom stereocenters. The fraction of sp³-hybridized carbons (Fsp3) is 0.312. The number of unbranched alkanes of at least 4 members (excludes halogenated alkanes) is 1. The number of benzene rings is 1. The van der Waals surface area contributed by atoms with Gasteiger partial charge in [-0.25, -0.2) is 0 Å². The molecule has 0 aliphatic rings. The second-order valence-electron chi connectivity index (χ2n) is 4.77. The van der Waals surface area contributed by atoms with Crippen LogP contribution in [-0.2, 0) is 0 Å². The molecule has 6 heteroatoms. The topological polar surface area (TPSA) is 76.1 Å². The molecule has 0 aliphatic heterocycles. The summed E-state index contributed by atoms with van der Waals surface area (Å²) in [6, 6.07) is 10.9. The van der Waals surface area contributed by atoms with E-state index in [1.807, 2.05) is 24.3 Å². The molecule has 0 radical (unpaired) electrons. The Hall–Kier alpha value is -2.63. The molecule has 6 nitrogen and oxygen atoms in total. The Labute approximate surface area is 129 Å². The second kappa shape index (κ2) is 7.97. The van der Waals surface area contributed by atoms with Crippen LogP contribution < -0.4 is 15.4 Å². The maximum absolute atomic E-state index is 11.8. The van der Waals surface area contributed by atoms with Gasteiger partial charge in [0.1, 0.15) is 5.75 Å². The number of anilines is 2. The van der Waals surface area contributed by atoms with E-state index >= 15 is 0 Å². The maximum Gasteiger partial charge on any atom is 0.271 e. The highest BCUT2D eigenvalue weighted by Gasteiger charge is 2.07. The Morgan fingerprint density at radius 3 is 2.77 bits per heavy atom. The van der Waals surface area contributed by atoms with E-state index in [0.717, 1.165) is 24.3 Å². The van der Waals surface area contributed by atoms with Gasteiger partial charge in [-0.3, -0.25) is 4.79 Å². The molecule has 22 heavy (non-hydrogen) atoms. The predicted molar refractivity (Wildman–Crippen MR) is 85.5 cm³/mol. The van der Waals surface area contributed by atoms with Crippen LogP contribution in [0.5, 0.6) is 5.75 Å². The zero-order valence-corrected chi connectivity index (χ0v) is 12.8. The number of carbonyl (C=O) groups is 1. The average molecular weight is 300 g/mol. The molecule has 1 amide bonds. The van der Waals surface area contributed by atoms with Crippen LogP contribution in [0.15, 0.2) is 36.4 Å². The third kappa shape index (κ3) is 4.44. The van der Waals surface area contributed by atoms with E-state index < -0.39 is 0 Å². The quantitative estimate of drug-likeness (QED) is 0.769. The minimum absolute atomic E-state index is 0.200. The van der Waals surface area contributed by atoms with Crippen LogP contribution in [0, 0.1) is 0 Å². The van der Waals surface area contributed by atoms with Crippen LogP contribution in [0.2, 0.25) is 0 Å². The van der Waals surface area contributed by atoms with Gasteiger partial charge in [0.25, 0.3) is 5.91 Å². The predicted octanol–water partition coefficient (Wildman–Crippen LogP) is 2.76. The molecule has 0 aliphatic carbocycles. The van der Waals surface area contributed by atoms with Gasteiger partial charge in [0.05, 0.1) is 7.11 Å². The van der Waals surface area contributed by atoms with Crippen LogP contribution in [0.3, 0.4) is 0 Å². The summed E-state index contributed by atoms with van der Waals surface area (Å²) in [4.78, 5) is 11.8. The first kappa shape index (κ1) is 15.8. The Morgan fingerprint density at radius 2 is 2.09 bits per heavy atom. The van der Waals surface area contributed by atoms with Gasteiger partial charge in [-0.15, -0.1) is 10.2 Å². The lowest BCUT2D eigenvalue weighted by atomic mass is 10.3. The standard InChI is InChI=1S/C16H20N4O2/c1-3-4-10-17-16(21)14-8-9-15(20-19-14)18-12-6-5-7-13(11-12)22-2/h5-9,11H,3-4,10H2,1-2H3,(H,17,21)(H,18,20). The number of aromatic nitrogens is 2. The van der Waals surface area contributed by atoms with Gasteiger partial charge in [-0.05, 0) is 30.7 Å². The third-order valence-electron chi connectivity index (χ3n) is 3.06. The van der Waals surface area contributed by atoms with Gasteiger partial charge in [0.2, 0.25) is 0 Å². The normalized spacial score (nSPS) is 10.1. The van der Waals surface area contributed by atoms with Gasteiger partial charge in [0.15, 0.2) is 11.5 Å². The molecule has 1 aromatic carbocycles. The number of hydrogen-bond acceptors (Lipinski definition) is 5. The number of carbonyl (C=O) groups excluding carboxylic acids is 1. The SMILES string of the molecule is CCCCNC(=O)c1ccc(Nc2cccc(OC)c2)nn1. The zero-order chi connectivity index (χ0) is 15.8. The molecule has 116 valence electrons. The summed E-state index contributed by atoms with van der Waals surface area (Å²) in [7, 11) is 1.62. The Balaban J connectivity index is 1.97. The monoisotopic (exact) mass is 300 g/mol. The summed E-state index contributed by atoms with van der Waals surface area (Å²) < 4.78 is 5.16. The molecule has 0 unspecified atom stereocenters. The van der Waals surface area contributed by atoms with E-state index in [9.17, 15) is 4.79 Å². The van der Waals surface area contributed by atoms with Crippen molar-refractivity contribution in [1.82, 2.24) is 15.5 Å². The summed E-state index contributed by atoms with van der Waals surface area (Å²) in [5.41, 5.74) is 1.15. The number of nitrogens with one attached hydrogen (secondary N) is 2. The molecule has 0 bridgehead atoms. The first-order chi connectivity index (χ1) is 10.7. The van der Waals surface area contributed by atoms with E-state index in [-0.39, 0.29) is 5.91 Å². The largest absolute Gasteiger partial charge is 0.497 e. The van der Waals surface area contributed by atoms with E-state index in [1.165, 1.54) is 0 Å². The first-order valence-corrected chi connectivity index (χ1v) is 7.26. The van der Waals surface area contributed by atoms with E-state index in [4.69, 9.17) is 4.74 Å². The molecule has 0 saturated carbocycles. The fourth-order valence-electron chi connectivity index (χ4n) is 1.84. The van der Waals surface area contributed by atoms with Crippen molar-refractivity contribution in [2.75, 3.05) is 19.0 Å². The Morgan fingerprint density at radius 1 is 1.23 bits per heavy atom. The number of rotatable bonds is 7. The van der Waals surface area contributed by atoms with Crippen molar-refractivity contribution in [1.29, 1.82) is 0 Å². The van der Waals surface area contributed by atoms with Gasteiger partial charge >= 0.3 is 0 Å². The van der Waals surface area contributed by atoms with Crippen LogP contribution in [0.4, 0.5) is 11.5 Å². The molecule has 0 spiro atoms. The summed E-state index contributed by atoms with van der Waals surface area (Å²) in [6.45, 7) is 2.73. The summed E-state index contributed by atoms with van der Waals surface area (Å²) in [5, 5.41) is 13.9. The third-order valence-corrected chi connectivity index (χ3v) is 3.06. The summed E-state index contributed by atoms with van der Waals surface area (Å²) in [5.74, 6) is 1.12. The maximum atomic E-state index is 11.8. The molecule has 0 saturated heterocycles. The Kier molecular flexibility index (Phi) is 5.71. The van der Waals surface area contributed by atoms with Crippen LogP contribution >= 0.6 is 0 Å². The Bertz CT molecular complexity index is 614. The van der Waals surface area contributed by atoms with Crippen molar-refractivity contribution in [2.24, 2.45) is 0 Å². The molecule has 1 heterocycles. The number of hydrogen-bond donors (Lipinski definition) is 2.